The number of thiocarbonyl (C=S) groups is 1. The van der Waals surface area contributed by atoms with Crippen molar-refractivity contribution >= 4 is 28.8 Å². The lowest BCUT2D eigenvalue weighted by Gasteiger charge is -2.00. The average molecular weight is 192 g/mol. The molecule has 0 N–H and O–H groups in total. The van der Waals surface area contributed by atoms with Gasteiger partial charge in [0.2, 0.25) is 0 Å². The van der Waals surface area contributed by atoms with Gasteiger partial charge in [-0.05, 0) is 30.8 Å². The first-order valence-electron chi connectivity index (χ1n) is 3.45. The molecular weight excluding hydrogens is 187 g/mol. The molecule has 0 radical (unpaired) electrons. The molecule has 0 bridgehead atoms. The van der Waals surface area contributed by atoms with E-state index in [-0.39, 0.29) is 5.69 Å². The Morgan fingerprint density at radius 1 is 1.62 bits per heavy atom. The summed E-state index contributed by atoms with van der Waals surface area (Å²) in [6.45, 7) is 8.28. The largest absolute Gasteiger partial charge is 0.238 e. The van der Waals surface area contributed by atoms with Gasteiger partial charge in [-0.15, -0.1) is 0 Å². The van der Waals surface area contributed by atoms with Crippen LogP contribution in [0.1, 0.15) is 5.56 Å². The standard InChI is InChI=1S/C9H5FN2S/c1-6-7(11-2)3-4-8(9(6)10)12-5-13/h3-4H,1H3. The SMILES string of the molecule is [C-]#[N+]c1ccc(N=C=S)c(F)c1C. The molecule has 0 aliphatic carbocycles. The van der Waals surface area contributed by atoms with Gasteiger partial charge in [-0.25, -0.2) is 9.24 Å². The van der Waals surface area contributed by atoms with Crippen molar-refractivity contribution in [2.45, 2.75) is 6.92 Å². The van der Waals surface area contributed by atoms with E-state index in [4.69, 9.17) is 6.57 Å². The summed E-state index contributed by atoms with van der Waals surface area (Å²) in [6.07, 6.45) is 0. The third-order valence-corrected chi connectivity index (χ3v) is 1.72. The molecule has 0 aromatic heterocycles. The van der Waals surface area contributed by atoms with E-state index >= 15 is 0 Å². The van der Waals surface area contributed by atoms with Crippen LogP contribution < -0.4 is 0 Å². The Kier molecular flexibility index (Phi) is 2.86. The van der Waals surface area contributed by atoms with Gasteiger partial charge >= 0.3 is 0 Å². The summed E-state index contributed by atoms with van der Waals surface area (Å²) in [6, 6.07) is 2.92. The summed E-state index contributed by atoms with van der Waals surface area (Å²) in [4.78, 5) is 6.68. The maximum absolute atomic E-state index is 13.3. The monoisotopic (exact) mass is 192 g/mol. The normalized spacial score (nSPS) is 8.69. The first-order valence-corrected chi connectivity index (χ1v) is 3.86. The molecule has 1 rings (SSSR count). The molecule has 0 atom stereocenters. The maximum atomic E-state index is 13.3. The van der Waals surface area contributed by atoms with Gasteiger partial charge in [0.15, 0.2) is 5.69 Å². The van der Waals surface area contributed by atoms with Gasteiger partial charge < -0.3 is 0 Å². The zero-order valence-corrected chi connectivity index (χ0v) is 7.65. The summed E-state index contributed by atoms with van der Waals surface area (Å²) < 4.78 is 13.3. The van der Waals surface area contributed by atoms with Gasteiger partial charge in [-0.2, -0.15) is 4.99 Å². The summed E-state index contributed by atoms with van der Waals surface area (Å²) in [5.41, 5.74) is 0.710. The number of isothiocyanates is 1. The van der Waals surface area contributed by atoms with E-state index in [1.54, 1.807) is 0 Å². The van der Waals surface area contributed by atoms with Gasteiger partial charge in [0, 0.05) is 0 Å². The quantitative estimate of drug-likeness (QED) is 0.378. The van der Waals surface area contributed by atoms with E-state index in [1.165, 1.54) is 19.1 Å². The fourth-order valence-corrected chi connectivity index (χ4v) is 1.02. The molecular formula is C9H5FN2S. The van der Waals surface area contributed by atoms with Crippen LogP contribution in [0, 0.1) is 19.3 Å². The molecule has 0 aliphatic heterocycles. The van der Waals surface area contributed by atoms with E-state index in [0.717, 1.165) is 0 Å². The van der Waals surface area contributed by atoms with Gasteiger partial charge in [-0.3, -0.25) is 0 Å². The predicted octanol–water partition coefficient (Wildman–Crippen LogP) is 3.42. The summed E-state index contributed by atoms with van der Waals surface area (Å²) in [7, 11) is 0. The van der Waals surface area contributed by atoms with E-state index in [0.29, 0.717) is 11.3 Å². The van der Waals surface area contributed by atoms with Crippen LogP contribution in [0.4, 0.5) is 15.8 Å². The van der Waals surface area contributed by atoms with Crippen LogP contribution in [-0.4, -0.2) is 5.16 Å². The number of halogens is 1. The third kappa shape index (κ3) is 1.78. The molecule has 1 aromatic rings. The van der Waals surface area contributed by atoms with Crippen LogP contribution in [0.25, 0.3) is 4.85 Å². The number of benzene rings is 1. The lowest BCUT2D eigenvalue weighted by Crippen LogP contribution is -1.82. The van der Waals surface area contributed by atoms with Crippen molar-refractivity contribution in [2.75, 3.05) is 0 Å². The van der Waals surface area contributed by atoms with Crippen LogP contribution in [0.2, 0.25) is 0 Å². The van der Waals surface area contributed by atoms with Crippen molar-refractivity contribution in [1.82, 2.24) is 0 Å². The molecule has 4 heteroatoms. The predicted molar refractivity (Wildman–Crippen MR) is 52.1 cm³/mol. The lowest BCUT2D eigenvalue weighted by molar-refractivity contribution is 0.622. The fourth-order valence-electron chi connectivity index (χ4n) is 0.917. The Bertz CT molecular complexity index is 428. The van der Waals surface area contributed by atoms with E-state index in [1.807, 2.05) is 0 Å². The second-order valence-electron chi connectivity index (χ2n) is 2.36. The Morgan fingerprint density at radius 3 is 2.85 bits per heavy atom. The molecule has 1 aromatic carbocycles. The van der Waals surface area contributed by atoms with Crippen molar-refractivity contribution in [1.29, 1.82) is 0 Å². The highest BCUT2D eigenvalue weighted by Crippen LogP contribution is 2.28. The Balaban J connectivity index is 3.41. The summed E-state index contributed by atoms with van der Waals surface area (Å²) >= 11 is 4.35. The van der Waals surface area contributed by atoms with Crippen molar-refractivity contribution in [2.24, 2.45) is 4.99 Å². The highest BCUT2D eigenvalue weighted by molar-refractivity contribution is 7.78. The fraction of sp³-hybridized carbons (Fsp3) is 0.111. The van der Waals surface area contributed by atoms with Gasteiger partial charge in [0.1, 0.15) is 11.5 Å². The number of hydrogen-bond acceptors (Lipinski definition) is 2. The topological polar surface area (TPSA) is 16.7 Å². The highest BCUT2D eigenvalue weighted by atomic mass is 32.1. The van der Waals surface area contributed by atoms with Crippen molar-refractivity contribution < 1.29 is 4.39 Å². The molecule has 0 fully saturated rings. The van der Waals surface area contributed by atoms with Crippen molar-refractivity contribution in [3.05, 3.63) is 34.9 Å². The maximum Gasteiger partial charge on any atom is 0.193 e. The molecule has 0 saturated carbocycles. The number of hydrogen-bond donors (Lipinski definition) is 0. The first kappa shape index (κ1) is 9.53. The summed E-state index contributed by atoms with van der Waals surface area (Å²) in [5, 5.41) is 2.08. The molecule has 2 nitrogen and oxygen atoms in total. The van der Waals surface area contributed by atoms with Crippen LogP contribution in [0.15, 0.2) is 17.1 Å². The molecule has 0 amide bonds. The zero-order valence-electron chi connectivity index (χ0n) is 6.84. The molecule has 0 aliphatic rings. The van der Waals surface area contributed by atoms with Crippen LogP contribution in [0.5, 0.6) is 0 Å². The molecule has 0 unspecified atom stereocenters. The minimum absolute atomic E-state index is 0.125. The van der Waals surface area contributed by atoms with Crippen molar-refractivity contribution in [3.8, 4) is 0 Å². The Morgan fingerprint density at radius 2 is 2.31 bits per heavy atom. The lowest BCUT2D eigenvalue weighted by atomic mass is 10.1. The summed E-state index contributed by atoms with van der Waals surface area (Å²) in [5.74, 6) is -0.508. The minimum atomic E-state index is -0.508. The average Bonchev–Trinajstić information content (AvgIpc) is 2.14. The third-order valence-electron chi connectivity index (χ3n) is 1.62. The van der Waals surface area contributed by atoms with E-state index < -0.39 is 5.82 Å². The molecule has 13 heavy (non-hydrogen) atoms. The smallest absolute Gasteiger partial charge is 0.193 e. The van der Waals surface area contributed by atoms with Crippen LogP contribution >= 0.6 is 12.2 Å². The number of aliphatic imine (C=N–C) groups is 1. The van der Waals surface area contributed by atoms with Crippen molar-refractivity contribution in [3.63, 3.8) is 0 Å². The molecule has 0 spiro atoms. The highest BCUT2D eigenvalue weighted by Gasteiger charge is 2.07. The Labute approximate surface area is 80.5 Å². The van der Waals surface area contributed by atoms with Gasteiger partial charge in [-0.1, -0.05) is 6.07 Å². The zero-order chi connectivity index (χ0) is 9.84. The number of rotatable bonds is 1. The second kappa shape index (κ2) is 3.90. The minimum Gasteiger partial charge on any atom is -0.238 e. The molecule has 64 valence electrons. The van der Waals surface area contributed by atoms with Crippen LogP contribution in [-0.2, 0) is 0 Å². The number of nitrogens with zero attached hydrogens (tertiary/aromatic N) is 2. The van der Waals surface area contributed by atoms with Gasteiger partial charge in [0.25, 0.3) is 0 Å². The Hall–Kier alpha value is -1.56. The van der Waals surface area contributed by atoms with Gasteiger partial charge in [0.05, 0.1) is 11.7 Å². The van der Waals surface area contributed by atoms with E-state index in [2.05, 4.69) is 27.2 Å². The first-order chi connectivity index (χ1) is 6.20. The molecule has 0 saturated heterocycles. The second-order valence-corrected chi connectivity index (χ2v) is 2.54. The molecule has 0 heterocycles. The van der Waals surface area contributed by atoms with E-state index in [9.17, 15) is 4.39 Å². The van der Waals surface area contributed by atoms with Crippen LogP contribution in [0.3, 0.4) is 0 Å².